The van der Waals surface area contributed by atoms with Gasteiger partial charge in [-0.15, -0.1) is 0 Å². The van der Waals surface area contributed by atoms with Crippen molar-refractivity contribution < 1.29 is 9.90 Å². The Labute approximate surface area is 83.9 Å². The maximum absolute atomic E-state index is 10.6. The predicted molar refractivity (Wildman–Crippen MR) is 57.1 cm³/mol. The molecule has 0 aromatic heterocycles. The van der Waals surface area contributed by atoms with Crippen LogP contribution in [-0.4, -0.2) is 11.1 Å². The van der Waals surface area contributed by atoms with E-state index in [0.717, 1.165) is 12.0 Å². The van der Waals surface area contributed by atoms with Gasteiger partial charge in [-0.3, -0.25) is 0 Å². The Bertz CT molecular complexity index is 364. The minimum atomic E-state index is -0.865. The first-order valence-electron chi connectivity index (χ1n) is 4.64. The lowest BCUT2D eigenvalue weighted by atomic mass is 10.0. The van der Waals surface area contributed by atoms with Gasteiger partial charge in [0.15, 0.2) is 0 Å². The van der Waals surface area contributed by atoms with E-state index < -0.39 is 5.97 Å². The molecule has 0 spiro atoms. The largest absolute Gasteiger partial charge is 0.478 e. The fourth-order valence-electron chi connectivity index (χ4n) is 1.29. The molecule has 0 heterocycles. The molecule has 2 heteroatoms. The molecule has 1 rings (SSSR count). The normalized spacial score (nSPS) is 11.4. The third-order valence-electron chi connectivity index (χ3n) is 2.15. The number of benzene rings is 1. The van der Waals surface area contributed by atoms with Gasteiger partial charge in [0.2, 0.25) is 0 Å². The SMILES string of the molecule is CCc1ccccc1C=C(C)C(=O)O. The number of hydrogen-bond donors (Lipinski definition) is 1. The zero-order chi connectivity index (χ0) is 10.6. The maximum atomic E-state index is 10.6. The Morgan fingerprint density at radius 3 is 2.64 bits per heavy atom. The van der Waals surface area contributed by atoms with Crippen LogP contribution < -0.4 is 0 Å². The fourth-order valence-corrected chi connectivity index (χ4v) is 1.29. The summed E-state index contributed by atoms with van der Waals surface area (Å²) in [5, 5.41) is 8.74. The minimum absolute atomic E-state index is 0.367. The smallest absolute Gasteiger partial charge is 0.331 e. The number of hydrogen-bond acceptors (Lipinski definition) is 1. The first-order chi connectivity index (χ1) is 6.65. The van der Waals surface area contributed by atoms with Gasteiger partial charge in [0.05, 0.1) is 0 Å². The van der Waals surface area contributed by atoms with Crippen LogP contribution in [0.25, 0.3) is 6.08 Å². The second kappa shape index (κ2) is 4.61. The van der Waals surface area contributed by atoms with E-state index in [4.69, 9.17) is 5.11 Å². The summed E-state index contributed by atoms with van der Waals surface area (Å²) in [5.41, 5.74) is 2.54. The van der Waals surface area contributed by atoms with E-state index in [-0.39, 0.29) is 0 Å². The maximum Gasteiger partial charge on any atom is 0.331 e. The van der Waals surface area contributed by atoms with E-state index in [0.29, 0.717) is 5.57 Å². The van der Waals surface area contributed by atoms with Gasteiger partial charge in [-0.05, 0) is 30.5 Å². The second-order valence-corrected chi connectivity index (χ2v) is 3.18. The summed E-state index contributed by atoms with van der Waals surface area (Å²) in [6.07, 6.45) is 2.63. The van der Waals surface area contributed by atoms with E-state index >= 15 is 0 Å². The molecule has 2 nitrogen and oxygen atoms in total. The van der Waals surface area contributed by atoms with Gasteiger partial charge in [0, 0.05) is 5.57 Å². The summed E-state index contributed by atoms with van der Waals surface area (Å²) in [7, 11) is 0. The van der Waals surface area contributed by atoms with Crippen LogP contribution in [0.5, 0.6) is 0 Å². The first kappa shape index (κ1) is 10.5. The highest BCUT2D eigenvalue weighted by Gasteiger charge is 2.01. The van der Waals surface area contributed by atoms with Crippen molar-refractivity contribution in [2.45, 2.75) is 20.3 Å². The molecule has 0 aliphatic rings. The summed E-state index contributed by atoms with van der Waals surface area (Å²) in [6, 6.07) is 7.83. The summed E-state index contributed by atoms with van der Waals surface area (Å²) >= 11 is 0. The summed E-state index contributed by atoms with van der Waals surface area (Å²) in [6.45, 7) is 3.66. The van der Waals surface area contributed by atoms with Crippen molar-refractivity contribution in [3.8, 4) is 0 Å². The van der Waals surface area contributed by atoms with E-state index in [1.807, 2.05) is 24.3 Å². The highest BCUT2D eigenvalue weighted by atomic mass is 16.4. The molecule has 0 fully saturated rings. The number of carboxylic acids is 1. The van der Waals surface area contributed by atoms with Crippen LogP contribution in [0.4, 0.5) is 0 Å². The van der Waals surface area contributed by atoms with Gasteiger partial charge in [-0.2, -0.15) is 0 Å². The monoisotopic (exact) mass is 190 g/mol. The molecule has 0 unspecified atom stereocenters. The molecule has 1 N–H and O–H groups in total. The summed E-state index contributed by atoms with van der Waals surface area (Å²) in [5.74, 6) is -0.865. The molecular formula is C12H14O2. The van der Waals surface area contributed by atoms with Crippen LogP contribution >= 0.6 is 0 Å². The number of rotatable bonds is 3. The topological polar surface area (TPSA) is 37.3 Å². The van der Waals surface area contributed by atoms with E-state index in [9.17, 15) is 4.79 Å². The molecule has 0 saturated heterocycles. The van der Waals surface area contributed by atoms with Crippen LogP contribution in [0.2, 0.25) is 0 Å². The Kier molecular flexibility index (Phi) is 3.46. The number of carboxylic acid groups (broad SMARTS) is 1. The fraction of sp³-hybridized carbons (Fsp3) is 0.250. The zero-order valence-corrected chi connectivity index (χ0v) is 8.45. The van der Waals surface area contributed by atoms with E-state index in [1.54, 1.807) is 13.0 Å². The predicted octanol–water partition coefficient (Wildman–Crippen LogP) is 2.74. The van der Waals surface area contributed by atoms with Crippen molar-refractivity contribution in [1.82, 2.24) is 0 Å². The van der Waals surface area contributed by atoms with E-state index in [1.165, 1.54) is 5.56 Å². The Morgan fingerprint density at radius 2 is 2.07 bits per heavy atom. The second-order valence-electron chi connectivity index (χ2n) is 3.18. The first-order valence-corrected chi connectivity index (χ1v) is 4.64. The third-order valence-corrected chi connectivity index (χ3v) is 2.15. The van der Waals surface area contributed by atoms with Crippen molar-refractivity contribution >= 4 is 12.0 Å². The van der Waals surface area contributed by atoms with Crippen LogP contribution in [0, 0.1) is 0 Å². The molecule has 1 aromatic rings. The summed E-state index contributed by atoms with van der Waals surface area (Å²) < 4.78 is 0. The molecule has 0 radical (unpaired) electrons. The quantitative estimate of drug-likeness (QED) is 0.744. The van der Waals surface area contributed by atoms with Gasteiger partial charge in [-0.1, -0.05) is 31.2 Å². The molecule has 1 aromatic carbocycles. The molecule has 0 bridgehead atoms. The molecule has 0 aliphatic carbocycles. The number of aryl methyl sites for hydroxylation is 1. The molecule has 74 valence electrons. The Balaban J connectivity index is 3.07. The van der Waals surface area contributed by atoms with E-state index in [2.05, 4.69) is 6.92 Å². The molecule has 0 saturated carbocycles. The lowest BCUT2D eigenvalue weighted by Crippen LogP contribution is -1.96. The third kappa shape index (κ3) is 2.46. The van der Waals surface area contributed by atoms with Crippen molar-refractivity contribution in [3.05, 3.63) is 41.0 Å². The van der Waals surface area contributed by atoms with Crippen LogP contribution in [0.3, 0.4) is 0 Å². The molecule has 0 aliphatic heterocycles. The lowest BCUT2D eigenvalue weighted by Gasteiger charge is -2.02. The molecule has 0 amide bonds. The number of carbonyl (C=O) groups is 1. The van der Waals surface area contributed by atoms with Crippen molar-refractivity contribution in [2.24, 2.45) is 0 Å². The highest BCUT2D eigenvalue weighted by molar-refractivity contribution is 5.91. The standard InChI is InChI=1S/C12H14O2/c1-3-10-6-4-5-7-11(10)8-9(2)12(13)14/h4-8H,3H2,1-2H3,(H,13,14). The molecule has 14 heavy (non-hydrogen) atoms. The van der Waals surface area contributed by atoms with Gasteiger partial charge in [0.25, 0.3) is 0 Å². The van der Waals surface area contributed by atoms with Gasteiger partial charge < -0.3 is 5.11 Å². The number of aliphatic carboxylic acids is 1. The Hall–Kier alpha value is -1.57. The van der Waals surface area contributed by atoms with Crippen LogP contribution in [0.1, 0.15) is 25.0 Å². The molecular weight excluding hydrogens is 176 g/mol. The van der Waals surface area contributed by atoms with Crippen molar-refractivity contribution in [3.63, 3.8) is 0 Å². The Morgan fingerprint density at radius 1 is 1.43 bits per heavy atom. The van der Waals surface area contributed by atoms with Crippen molar-refractivity contribution in [1.29, 1.82) is 0 Å². The highest BCUT2D eigenvalue weighted by Crippen LogP contribution is 2.13. The van der Waals surface area contributed by atoms with Crippen LogP contribution in [0.15, 0.2) is 29.8 Å². The van der Waals surface area contributed by atoms with Gasteiger partial charge >= 0.3 is 5.97 Å². The van der Waals surface area contributed by atoms with Crippen LogP contribution in [-0.2, 0) is 11.2 Å². The lowest BCUT2D eigenvalue weighted by molar-refractivity contribution is -0.132. The average Bonchev–Trinajstić information content (AvgIpc) is 2.18. The minimum Gasteiger partial charge on any atom is -0.478 e. The van der Waals surface area contributed by atoms with Gasteiger partial charge in [0.1, 0.15) is 0 Å². The van der Waals surface area contributed by atoms with Crippen molar-refractivity contribution in [2.75, 3.05) is 0 Å². The zero-order valence-electron chi connectivity index (χ0n) is 8.45. The summed E-state index contributed by atoms with van der Waals surface area (Å²) in [4.78, 5) is 10.6. The van der Waals surface area contributed by atoms with Gasteiger partial charge in [-0.25, -0.2) is 4.79 Å². The molecule has 0 atom stereocenters. The average molecular weight is 190 g/mol.